The van der Waals surface area contributed by atoms with E-state index in [0.29, 0.717) is 10.7 Å². The molecular formula is C19H15ClF3N2S+. The molecule has 0 unspecified atom stereocenters. The Hall–Kier alpha value is -1.92. The van der Waals surface area contributed by atoms with Crippen molar-refractivity contribution in [2.75, 3.05) is 5.75 Å². The van der Waals surface area contributed by atoms with Crippen LogP contribution in [0.2, 0.25) is 5.02 Å². The fourth-order valence-electron chi connectivity index (χ4n) is 3.09. The van der Waals surface area contributed by atoms with E-state index in [-0.39, 0.29) is 6.04 Å². The maximum atomic E-state index is 13.2. The molecule has 1 aliphatic rings. The van der Waals surface area contributed by atoms with Crippen molar-refractivity contribution in [3.8, 4) is 16.9 Å². The number of fused-ring (bicyclic) bond motifs is 1. The molecular weight excluding hydrogens is 381 g/mol. The summed E-state index contributed by atoms with van der Waals surface area (Å²) < 4.78 is 43.6. The van der Waals surface area contributed by atoms with E-state index in [1.54, 1.807) is 30.0 Å². The average Bonchev–Trinajstić information content (AvgIpc) is 3.15. The molecule has 1 atom stereocenters. The summed E-state index contributed by atoms with van der Waals surface area (Å²) in [6, 6.07) is 13.1. The standard InChI is InChI=1S/C19H15ClF3N2S/c1-12-11-26-18-24(12)10-17(13-5-7-15(20)8-6-13)25(18)16-4-2-3-14(9-16)19(21,22)23/h2-10,12H,11H2,1H3/q+1/t12-/m1/s1. The van der Waals surface area contributed by atoms with Crippen LogP contribution in [0.5, 0.6) is 0 Å². The Morgan fingerprint density at radius 1 is 1.15 bits per heavy atom. The highest BCUT2D eigenvalue weighted by Crippen LogP contribution is 2.36. The summed E-state index contributed by atoms with van der Waals surface area (Å²) in [7, 11) is 0. The van der Waals surface area contributed by atoms with E-state index in [1.807, 2.05) is 22.9 Å². The van der Waals surface area contributed by atoms with Gasteiger partial charge in [0.25, 0.3) is 0 Å². The molecule has 2 nitrogen and oxygen atoms in total. The zero-order valence-corrected chi connectivity index (χ0v) is 15.4. The van der Waals surface area contributed by atoms with Crippen molar-refractivity contribution in [2.45, 2.75) is 24.3 Å². The van der Waals surface area contributed by atoms with E-state index < -0.39 is 11.7 Å². The summed E-state index contributed by atoms with van der Waals surface area (Å²) in [5.74, 6) is 0.898. The number of hydrogen-bond donors (Lipinski definition) is 0. The first-order valence-corrected chi connectivity index (χ1v) is 9.44. The quantitative estimate of drug-likeness (QED) is 0.500. The third-order valence-corrected chi connectivity index (χ3v) is 5.97. The number of aromatic nitrogens is 2. The zero-order chi connectivity index (χ0) is 18.5. The third-order valence-electron chi connectivity index (χ3n) is 4.41. The van der Waals surface area contributed by atoms with Gasteiger partial charge < -0.3 is 0 Å². The molecule has 0 saturated heterocycles. The van der Waals surface area contributed by atoms with E-state index in [4.69, 9.17) is 11.6 Å². The van der Waals surface area contributed by atoms with Gasteiger partial charge in [0.2, 0.25) is 0 Å². The van der Waals surface area contributed by atoms with E-state index >= 15 is 0 Å². The lowest BCUT2D eigenvalue weighted by Crippen LogP contribution is -2.34. The van der Waals surface area contributed by atoms with Crippen LogP contribution in [0.25, 0.3) is 16.9 Å². The first-order valence-electron chi connectivity index (χ1n) is 8.08. The molecule has 0 amide bonds. The molecule has 4 rings (SSSR count). The fraction of sp³-hybridized carbons (Fsp3) is 0.211. The number of hydrogen-bond acceptors (Lipinski definition) is 1. The molecule has 2 aromatic carbocycles. The van der Waals surface area contributed by atoms with Gasteiger partial charge in [0.1, 0.15) is 17.9 Å². The molecule has 0 bridgehead atoms. The molecule has 0 aliphatic carbocycles. The molecule has 26 heavy (non-hydrogen) atoms. The minimum atomic E-state index is -4.37. The summed E-state index contributed by atoms with van der Waals surface area (Å²) in [5.41, 5.74) is 1.59. The van der Waals surface area contributed by atoms with Gasteiger partial charge in [-0.3, -0.25) is 0 Å². The van der Waals surface area contributed by atoms with Gasteiger partial charge in [-0.05, 0) is 61.2 Å². The second kappa shape index (κ2) is 6.35. The Morgan fingerprint density at radius 2 is 1.88 bits per heavy atom. The van der Waals surface area contributed by atoms with Crippen LogP contribution < -0.4 is 4.57 Å². The molecule has 0 saturated carbocycles. The highest BCUT2D eigenvalue weighted by Gasteiger charge is 2.36. The van der Waals surface area contributed by atoms with Crippen LogP contribution in [0.15, 0.2) is 59.9 Å². The highest BCUT2D eigenvalue weighted by atomic mass is 35.5. The van der Waals surface area contributed by atoms with Crippen LogP contribution in [0.1, 0.15) is 18.5 Å². The van der Waals surface area contributed by atoms with Crippen molar-refractivity contribution in [3.63, 3.8) is 0 Å². The first kappa shape index (κ1) is 17.5. The molecule has 1 aliphatic heterocycles. The molecule has 0 N–H and O–H groups in total. The molecule has 7 heteroatoms. The van der Waals surface area contributed by atoms with E-state index in [2.05, 4.69) is 11.5 Å². The van der Waals surface area contributed by atoms with Gasteiger partial charge in [-0.25, -0.2) is 4.57 Å². The van der Waals surface area contributed by atoms with Crippen molar-refractivity contribution in [2.24, 2.45) is 0 Å². The molecule has 3 aromatic rings. The van der Waals surface area contributed by atoms with Crippen LogP contribution in [-0.2, 0) is 6.18 Å². The van der Waals surface area contributed by atoms with Crippen LogP contribution in [-0.4, -0.2) is 10.3 Å². The summed E-state index contributed by atoms with van der Waals surface area (Å²) in [4.78, 5) is 0. The van der Waals surface area contributed by atoms with Gasteiger partial charge in [0.05, 0.1) is 5.56 Å². The second-order valence-electron chi connectivity index (χ2n) is 6.25. The van der Waals surface area contributed by atoms with Crippen molar-refractivity contribution in [1.29, 1.82) is 0 Å². The van der Waals surface area contributed by atoms with Crippen molar-refractivity contribution >= 4 is 23.4 Å². The monoisotopic (exact) mass is 395 g/mol. The van der Waals surface area contributed by atoms with Gasteiger partial charge in [0, 0.05) is 16.3 Å². The Bertz CT molecular complexity index is 964. The van der Waals surface area contributed by atoms with Gasteiger partial charge in [0.15, 0.2) is 5.69 Å². The van der Waals surface area contributed by atoms with Crippen molar-refractivity contribution in [1.82, 2.24) is 4.57 Å². The topological polar surface area (TPSA) is 8.81 Å². The number of thioether (sulfide) groups is 1. The van der Waals surface area contributed by atoms with E-state index in [9.17, 15) is 13.2 Å². The number of halogens is 4. The summed E-state index contributed by atoms with van der Waals surface area (Å²) >= 11 is 7.63. The number of nitrogens with zero attached hydrogens (tertiary/aromatic N) is 2. The molecule has 1 aromatic heterocycles. The Balaban J connectivity index is 1.93. The lowest BCUT2D eigenvalue weighted by atomic mass is 10.1. The lowest BCUT2D eigenvalue weighted by Gasteiger charge is -2.09. The predicted octanol–water partition coefficient (Wildman–Crippen LogP) is 5.77. The van der Waals surface area contributed by atoms with Crippen LogP contribution in [0.3, 0.4) is 0 Å². The van der Waals surface area contributed by atoms with Crippen LogP contribution in [0, 0.1) is 0 Å². The SMILES string of the molecule is C[C@@H]1CSc2n(-c3cccc(C(F)(F)F)c3)c(-c3ccc(Cl)cc3)c[n+]21. The van der Waals surface area contributed by atoms with E-state index in [1.165, 1.54) is 12.1 Å². The normalized spacial score (nSPS) is 16.7. The minimum absolute atomic E-state index is 0.285. The molecule has 0 radical (unpaired) electrons. The first-order chi connectivity index (χ1) is 12.3. The maximum absolute atomic E-state index is 13.2. The van der Waals surface area contributed by atoms with Crippen LogP contribution >= 0.6 is 23.4 Å². The van der Waals surface area contributed by atoms with E-state index in [0.717, 1.165) is 28.2 Å². The number of benzene rings is 2. The predicted molar refractivity (Wildman–Crippen MR) is 96.8 cm³/mol. The Kier molecular flexibility index (Phi) is 4.28. The Morgan fingerprint density at radius 3 is 2.58 bits per heavy atom. The van der Waals surface area contributed by atoms with Crippen molar-refractivity contribution < 1.29 is 17.7 Å². The summed E-state index contributed by atoms with van der Waals surface area (Å²) in [6.07, 6.45) is -2.37. The largest absolute Gasteiger partial charge is 0.416 e. The average molecular weight is 396 g/mol. The van der Waals surface area contributed by atoms with Gasteiger partial charge in [-0.15, -0.1) is 0 Å². The third kappa shape index (κ3) is 3.01. The molecule has 0 fully saturated rings. The van der Waals surface area contributed by atoms with Gasteiger partial charge in [-0.1, -0.05) is 17.7 Å². The van der Waals surface area contributed by atoms with Crippen LogP contribution in [0.4, 0.5) is 13.2 Å². The molecule has 0 spiro atoms. The lowest BCUT2D eigenvalue weighted by molar-refractivity contribution is -0.744. The summed E-state index contributed by atoms with van der Waals surface area (Å²) in [5, 5.41) is 1.55. The number of rotatable bonds is 2. The Labute approximate surface area is 158 Å². The van der Waals surface area contributed by atoms with Gasteiger partial charge >= 0.3 is 11.3 Å². The number of alkyl halides is 3. The zero-order valence-electron chi connectivity index (χ0n) is 13.8. The number of imidazole rings is 1. The molecule has 2 heterocycles. The maximum Gasteiger partial charge on any atom is 0.416 e. The van der Waals surface area contributed by atoms with Crippen molar-refractivity contribution in [3.05, 3.63) is 65.3 Å². The highest BCUT2D eigenvalue weighted by molar-refractivity contribution is 7.99. The minimum Gasteiger partial charge on any atom is -0.220 e. The van der Waals surface area contributed by atoms with Gasteiger partial charge in [-0.2, -0.15) is 17.7 Å². The fourth-order valence-corrected chi connectivity index (χ4v) is 4.48. The smallest absolute Gasteiger partial charge is 0.220 e. The second-order valence-corrected chi connectivity index (χ2v) is 7.68. The summed E-state index contributed by atoms with van der Waals surface area (Å²) in [6.45, 7) is 2.10. The molecule has 134 valence electrons.